The van der Waals surface area contributed by atoms with Crippen LogP contribution in [0, 0.1) is 5.92 Å². The number of unbranched alkanes of at least 4 members (excludes halogenated alkanes) is 1. The Bertz CT molecular complexity index is 416. The first-order valence-electron chi connectivity index (χ1n) is 6.25. The van der Waals surface area contributed by atoms with E-state index in [0.29, 0.717) is 0 Å². The lowest BCUT2D eigenvalue weighted by Gasteiger charge is -2.06. The molecule has 0 amide bonds. The molecule has 3 nitrogen and oxygen atoms in total. The molecule has 0 N–H and O–H groups in total. The summed E-state index contributed by atoms with van der Waals surface area (Å²) in [7, 11) is 1.86. The molecule has 0 aromatic carbocycles. The molecule has 17 heavy (non-hydrogen) atoms. The average molecular weight is 234 g/mol. The minimum absolute atomic E-state index is 0.00160. The first kappa shape index (κ1) is 13.7. The number of rotatable bonds is 6. The van der Waals surface area contributed by atoms with Crippen LogP contribution in [0.25, 0.3) is 6.08 Å². The van der Waals surface area contributed by atoms with Gasteiger partial charge in [0.05, 0.1) is 17.0 Å². The van der Waals surface area contributed by atoms with Gasteiger partial charge in [-0.15, -0.1) is 0 Å². The second-order valence-electron chi connectivity index (χ2n) is 4.66. The van der Waals surface area contributed by atoms with E-state index in [-0.39, 0.29) is 11.7 Å². The number of aryl methyl sites for hydroxylation is 2. The average Bonchev–Trinajstić information content (AvgIpc) is 2.61. The third kappa shape index (κ3) is 2.84. The monoisotopic (exact) mass is 234 g/mol. The second kappa shape index (κ2) is 5.80. The van der Waals surface area contributed by atoms with Crippen molar-refractivity contribution in [3.63, 3.8) is 0 Å². The van der Waals surface area contributed by atoms with Crippen molar-refractivity contribution < 1.29 is 4.79 Å². The molecule has 1 aromatic heterocycles. The number of hydrogen-bond acceptors (Lipinski definition) is 2. The van der Waals surface area contributed by atoms with Crippen LogP contribution in [0.15, 0.2) is 6.58 Å². The Labute approximate surface area is 104 Å². The van der Waals surface area contributed by atoms with Crippen LogP contribution < -0.4 is 0 Å². The Morgan fingerprint density at radius 3 is 2.65 bits per heavy atom. The molecule has 0 aliphatic heterocycles. The lowest BCUT2D eigenvalue weighted by atomic mass is 9.97. The Morgan fingerprint density at radius 1 is 1.53 bits per heavy atom. The van der Waals surface area contributed by atoms with Crippen LogP contribution in [-0.4, -0.2) is 15.6 Å². The van der Waals surface area contributed by atoms with Crippen molar-refractivity contribution >= 4 is 11.9 Å². The zero-order chi connectivity index (χ0) is 13.0. The Balaban J connectivity index is 3.21. The van der Waals surface area contributed by atoms with E-state index < -0.39 is 0 Å². The van der Waals surface area contributed by atoms with Gasteiger partial charge in [-0.2, -0.15) is 5.10 Å². The lowest BCUT2D eigenvalue weighted by molar-refractivity contribution is 0.0938. The molecule has 0 saturated carbocycles. The van der Waals surface area contributed by atoms with Crippen LogP contribution in [0.3, 0.4) is 0 Å². The molecule has 1 heterocycles. The summed E-state index contributed by atoms with van der Waals surface area (Å²) in [6.45, 7) is 9.76. The largest absolute Gasteiger partial charge is 0.294 e. The van der Waals surface area contributed by atoms with E-state index in [1.54, 1.807) is 10.8 Å². The molecule has 0 radical (unpaired) electrons. The number of aromatic nitrogens is 2. The van der Waals surface area contributed by atoms with E-state index in [0.717, 1.165) is 36.2 Å². The number of Topliss-reactive ketones (excluding diaryl/α,β-unsaturated/α-hetero) is 1. The maximum Gasteiger partial charge on any atom is 0.169 e. The highest BCUT2D eigenvalue weighted by atomic mass is 16.1. The van der Waals surface area contributed by atoms with Gasteiger partial charge in [-0.05, 0) is 18.9 Å². The summed E-state index contributed by atoms with van der Waals surface area (Å²) in [4.78, 5) is 12.2. The van der Waals surface area contributed by atoms with E-state index in [2.05, 4.69) is 18.6 Å². The third-order valence-electron chi connectivity index (χ3n) is 2.90. The van der Waals surface area contributed by atoms with Crippen LogP contribution in [0.5, 0.6) is 0 Å². The normalized spacial score (nSPS) is 10.9. The SMILES string of the molecule is C=Cc1c(C(=O)C(C)C)c(CCCC)nn1C. The van der Waals surface area contributed by atoms with Crippen LogP contribution >= 0.6 is 0 Å². The molecule has 0 spiro atoms. The van der Waals surface area contributed by atoms with Gasteiger partial charge in [0.1, 0.15) is 0 Å². The fraction of sp³-hybridized carbons (Fsp3) is 0.571. The van der Waals surface area contributed by atoms with Crippen LogP contribution in [0.4, 0.5) is 0 Å². The highest BCUT2D eigenvalue weighted by molar-refractivity contribution is 6.01. The molecule has 0 atom stereocenters. The summed E-state index contributed by atoms with van der Waals surface area (Å²) in [6.07, 6.45) is 4.76. The molecule has 0 aliphatic rings. The van der Waals surface area contributed by atoms with Crippen molar-refractivity contribution in [3.05, 3.63) is 23.5 Å². The molecule has 0 aliphatic carbocycles. The topological polar surface area (TPSA) is 34.9 Å². The van der Waals surface area contributed by atoms with E-state index in [9.17, 15) is 4.79 Å². The number of carbonyl (C=O) groups excluding carboxylic acids is 1. The zero-order valence-electron chi connectivity index (χ0n) is 11.3. The summed E-state index contributed by atoms with van der Waals surface area (Å²) in [5, 5.41) is 4.45. The molecular weight excluding hydrogens is 212 g/mol. The van der Waals surface area contributed by atoms with Crippen molar-refractivity contribution in [3.8, 4) is 0 Å². The lowest BCUT2D eigenvalue weighted by Crippen LogP contribution is -2.11. The van der Waals surface area contributed by atoms with E-state index in [4.69, 9.17) is 0 Å². The molecule has 1 aromatic rings. The zero-order valence-corrected chi connectivity index (χ0v) is 11.3. The maximum absolute atomic E-state index is 12.2. The fourth-order valence-electron chi connectivity index (χ4n) is 1.91. The second-order valence-corrected chi connectivity index (χ2v) is 4.66. The van der Waals surface area contributed by atoms with Crippen LogP contribution in [0.1, 0.15) is 55.4 Å². The highest BCUT2D eigenvalue weighted by Crippen LogP contribution is 2.21. The van der Waals surface area contributed by atoms with Crippen molar-refractivity contribution in [1.82, 2.24) is 9.78 Å². The van der Waals surface area contributed by atoms with E-state index >= 15 is 0 Å². The fourth-order valence-corrected chi connectivity index (χ4v) is 1.91. The Hall–Kier alpha value is -1.38. The predicted molar refractivity (Wildman–Crippen MR) is 71.1 cm³/mol. The minimum atomic E-state index is -0.00160. The first-order valence-corrected chi connectivity index (χ1v) is 6.25. The Kier molecular flexibility index (Phi) is 4.67. The number of nitrogens with zero attached hydrogens (tertiary/aromatic N) is 2. The smallest absolute Gasteiger partial charge is 0.169 e. The predicted octanol–water partition coefficient (Wildman–Crippen LogP) is 3.24. The molecular formula is C14H22N2O. The summed E-state index contributed by atoms with van der Waals surface area (Å²) < 4.78 is 1.76. The first-order chi connectivity index (χ1) is 8.02. The van der Waals surface area contributed by atoms with Gasteiger partial charge < -0.3 is 0 Å². The van der Waals surface area contributed by atoms with Crippen molar-refractivity contribution in [2.75, 3.05) is 0 Å². The summed E-state index contributed by atoms with van der Waals surface area (Å²) in [6, 6.07) is 0. The quantitative estimate of drug-likeness (QED) is 0.708. The van der Waals surface area contributed by atoms with Crippen molar-refractivity contribution in [2.24, 2.45) is 13.0 Å². The van der Waals surface area contributed by atoms with Crippen LogP contribution in [0.2, 0.25) is 0 Å². The number of hydrogen-bond donors (Lipinski definition) is 0. The van der Waals surface area contributed by atoms with E-state index in [1.807, 2.05) is 20.9 Å². The standard InChI is InChI=1S/C14H22N2O/c1-6-8-9-11-13(14(17)10(3)4)12(7-2)16(5)15-11/h7,10H,2,6,8-9H2,1,3-5H3. The van der Waals surface area contributed by atoms with Gasteiger partial charge >= 0.3 is 0 Å². The summed E-state index contributed by atoms with van der Waals surface area (Å²) >= 11 is 0. The van der Waals surface area contributed by atoms with Crippen molar-refractivity contribution in [2.45, 2.75) is 40.0 Å². The van der Waals surface area contributed by atoms with Crippen molar-refractivity contribution in [1.29, 1.82) is 0 Å². The molecule has 0 unspecified atom stereocenters. The number of carbonyl (C=O) groups is 1. The van der Waals surface area contributed by atoms with Gasteiger partial charge in [0.25, 0.3) is 0 Å². The molecule has 0 saturated heterocycles. The maximum atomic E-state index is 12.2. The molecule has 3 heteroatoms. The van der Waals surface area contributed by atoms with E-state index in [1.165, 1.54) is 0 Å². The summed E-state index contributed by atoms with van der Waals surface area (Å²) in [5.74, 6) is 0.164. The molecule has 1 rings (SSSR count). The highest BCUT2D eigenvalue weighted by Gasteiger charge is 2.22. The van der Waals surface area contributed by atoms with Gasteiger partial charge in [-0.1, -0.05) is 33.8 Å². The van der Waals surface area contributed by atoms with Gasteiger partial charge in [0, 0.05) is 13.0 Å². The molecule has 0 fully saturated rings. The third-order valence-corrected chi connectivity index (χ3v) is 2.90. The minimum Gasteiger partial charge on any atom is -0.294 e. The number of ketones is 1. The van der Waals surface area contributed by atoms with Gasteiger partial charge in [-0.3, -0.25) is 9.48 Å². The van der Waals surface area contributed by atoms with Gasteiger partial charge in [0.2, 0.25) is 0 Å². The van der Waals surface area contributed by atoms with Gasteiger partial charge in [-0.25, -0.2) is 0 Å². The molecule has 94 valence electrons. The Morgan fingerprint density at radius 2 is 2.18 bits per heavy atom. The summed E-state index contributed by atoms with van der Waals surface area (Å²) in [5.41, 5.74) is 2.53. The van der Waals surface area contributed by atoms with Gasteiger partial charge in [0.15, 0.2) is 5.78 Å². The van der Waals surface area contributed by atoms with Crippen LogP contribution in [-0.2, 0) is 13.5 Å². The molecule has 0 bridgehead atoms.